The van der Waals surface area contributed by atoms with Gasteiger partial charge in [-0.05, 0) is 30.3 Å². The van der Waals surface area contributed by atoms with Crippen LogP contribution in [0, 0.1) is 0 Å². The molecule has 0 saturated heterocycles. The molecule has 0 bridgehead atoms. The second-order valence-electron chi connectivity index (χ2n) is 4.39. The summed E-state index contributed by atoms with van der Waals surface area (Å²) in [6.45, 7) is 1.43. The number of hydrogen-bond acceptors (Lipinski definition) is 2. The van der Waals surface area contributed by atoms with Gasteiger partial charge in [0.25, 0.3) is 0 Å². The summed E-state index contributed by atoms with van der Waals surface area (Å²) in [6, 6.07) is 18.5. The summed E-state index contributed by atoms with van der Waals surface area (Å²) in [4.78, 5) is 0. The quantitative estimate of drug-likeness (QED) is 0.871. The minimum Gasteiger partial charge on any atom is -0.368 e. The molecule has 2 aromatic carbocycles. The first-order chi connectivity index (χ1) is 9.29. The molecular weight excluding hydrogens is 302 g/mol. The van der Waals surface area contributed by atoms with Crippen LogP contribution in [0.2, 0.25) is 0 Å². The summed E-state index contributed by atoms with van der Waals surface area (Å²) in [7, 11) is 1.94. The van der Waals surface area contributed by atoms with Crippen molar-refractivity contribution in [3.8, 4) is 0 Å². The number of nitrogens with one attached hydrogen (secondary N) is 1. The van der Waals surface area contributed by atoms with Crippen molar-refractivity contribution < 1.29 is 4.74 Å². The molecule has 19 heavy (non-hydrogen) atoms. The Bertz CT molecular complexity index is 484. The summed E-state index contributed by atoms with van der Waals surface area (Å²) >= 11 is 3.44. The number of benzene rings is 2. The van der Waals surface area contributed by atoms with Gasteiger partial charge in [0.1, 0.15) is 0 Å². The predicted molar refractivity (Wildman–Crippen MR) is 82.0 cm³/mol. The van der Waals surface area contributed by atoms with E-state index in [1.807, 2.05) is 37.4 Å². The molecule has 0 saturated carbocycles. The highest BCUT2D eigenvalue weighted by Crippen LogP contribution is 2.19. The zero-order valence-corrected chi connectivity index (χ0v) is 12.6. The van der Waals surface area contributed by atoms with E-state index in [2.05, 4.69) is 45.5 Å². The molecule has 0 aliphatic rings. The molecule has 2 aromatic rings. The van der Waals surface area contributed by atoms with Crippen molar-refractivity contribution in [2.45, 2.75) is 12.7 Å². The van der Waals surface area contributed by atoms with Crippen LogP contribution in [0.25, 0.3) is 0 Å². The van der Waals surface area contributed by atoms with E-state index in [1.165, 1.54) is 11.1 Å². The molecule has 0 aromatic heterocycles. The normalized spacial score (nSPS) is 12.3. The predicted octanol–water partition coefficient (Wildman–Crippen LogP) is 3.93. The van der Waals surface area contributed by atoms with E-state index < -0.39 is 0 Å². The van der Waals surface area contributed by atoms with Crippen LogP contribution in [-0.4, -0.2) is 13.6 Å². The second-order valence-corrected chi connectivity index (χ2v) is 5.31. The topological polar surface area (TPSA) is 21.3 Å². The van der Waals surface area contributed by atoms with E-state index in [9.17, 15) is 0 Å². The molecule has 0 aliphatic heterocycles. The zero-order valence-electron chi connectivity index (χ0n) is 11.0. The maximum absolute atomic E-state index is 6.02. The fraction of sp³-hybridized carbons (Fsp3) is 0.250. The first-order valence-electron chi connectivity index (χ1n) is 6.35. The monoisotopic (exact) mass is 319 g/mol. The Morgan fingerprint density at radius 3 is 2.37 bits per heavy atom. The Morgan fingerprint density at radius 1 is 1.05 bits per heavy atom. The Hall–Kier alpha value is -1.16. The van der Waals surface area contributed by atoms with E-state index in [1.54, 1.807) is 0 Å². The van der Waals surface area contributed by atoms with Crippen molar-refractivity contribution >= 4 is 15.9 Å². The number of hydrogen-bond donors (Lipinski definition) is 1. The van der Waals surface area contributed by atoms with Crippen LogP contribution in [0.5, 0.6) is 0 Å². The van der Waals surface area contributed by atoms with Gasteiger partial charge in [-0.25, -0.2) is 0 Å². The van der Waals surface area contributed by atoms with Crippen LogP contribution >= 0.6 is 15.9 Å². The van der Waals surface area contributed by atoms with Crippen LogP contribution in [0.15, 0.2) is 59.1 Å². The van der Waals surface area contributed by atoms with Crippen LogP contribution in [0.1, 0.15) is 17.2 Å². The van der Waals surface area contributed by atoms with Gasteiger partial charge in [0, 0.05) is 11.0 Å². The fourth-order valence-corrected chi connectivity index (χ4v) is 2.17. The molecule has 0 spiro atoms. The maximum atomic E-state index is 6.02. The van der Waals surface area contributed by atoms with Crippen molar-refractivity contribution in [3.05, 3.63) is 70.2 Å². The average Bonchev–Trinajstić information content (AvgIpc) is 2.46. The van der Waals surface area contributed by atoms with E-state index in [0.717, 1.165) is 11.0 Å². The van der Waals surface area contributed by atoms with E-state index in [0.29, 0.717) is 6.61 Å². The lowest BCUT2D eigenvalue weighted by molar-refractivity contribution is 0.0410. The average molecular weight is 320 g/mol. The lowest BCUT2D eigenvalue weighted by atomic mass is 10.1. The van der Waals surface area contributed by atoms with Crippen LogP contribution in [-0.2, 0) is 11.3 Å². The third-order valence-corrected chi connectivity index (χ3v) is 3.45. The standard InChI is InChI=1S/C16H18BrNO/c1-18-11-16(14-5-3-2-4-6-14)19-12-13-7-9-15(17)10-8-13/h2-10,16,18H,11-12H2,1H3. The van der Waals surface area contributed by atoms with Gasteiger partial charge in [-0.3, -0.25) is 0 Å². The molecule has 100 valence electrons. The second kappa shape index (κ2) is 7.43. The van der Waals surface area contributed by atoms with E-state index in [4.69, 9.17) is 4.74 Å². The zero-order chi connectivity index (χ0) is 13.5. The molecule has 1 atom stereocenters. The van der Waals surface area contributed by atoms with Gasteiger partial charge in [0.15, 0.2) is 0 Å². The molecule has 0 amide bonds. The van der Waals surface area contributed by atoms with E-state index >= 15 is 0 Å². The van der Waals surface area contributed by atoms with Gasteiger partial charge in [-0.1, -0.05) is 58.4 Å². The summed E-state index contributed by atoms with van der Waals surface area (Å²) in [5.74, 6) is 0. The Morgan fingerprint density at radius 2 is 1.74 bits per heavy atom. The number of ether oxygens (including phenoxy) is 1. The van der Waals surface area contributed by atoms with Gasteiger partial charge >= 0.3 is 0 Å². The summed E-state index contributed by atoms with van der Waals surface area (Å²) in [5, 5.41) is 3.18. The molecule has 1 N–H and O–H groups in total. The lowest BCUT2D eigenvalue weighted by Crippen LogP contribution is -2.19. The highest BCUT2D eigenvalue weighted by atomic mass is 79.9. The Kier molecular flexibility index (Phi) is 5.58. The van der Waals surface area contributed by atoms with Crippen molar-refractivity contribution in [3.63, 3.8) is 0 Å². The lowest BCUT2D eigenvalue weighted by Gasteiger charge is -2.18. The Balaban J connectivity index is 1.99. The smallest absolute Gasteiger partial charge is 0.0953 e. The first-order valence-corrected chi connectivity index (χ1v) is 7.14. The molecule has 2 nitrogen and oxygen atoms in total. The molecule has 0 heterocycles. The molecule has 0 radical (unpaired) electrons. The van der Waals surface area contributed by atoms with Gasteiger partial charge < -0.3 is 10.1 Å². The molecule has 3 heteroatoms. The van der Waals surface area contributed by atoms with Gasteiger partial charge in [-0.2, -0.15) is 0 Å². The Labute approximate surface area is 122 Å². The third-order valence-electron chi connectivity index (χ3n) is 2.93. The molecule has 0 fully saturated rings. The third kappa shape index (κ3) is 4.46. The van der Waals surface area contributed by atoms with Crippen molar-refractivity contribution in [2.24, 2.45) is 0 Å². The first kappa shape index (κ1) is 14.3. The fourth-order valence-electron chi connectivity index (χ4n) is 1.90. The van der Waals surface area contributed by atoms with Gasteiger partial charge in [0.2, 0.25) is 0 Å². The number of rotatable bonds is 6. The van der Waals surface area contributed by atoms with Crippen LogP contribution in [0.4, 0.5) is 0 Å². The van der Waals surface area contributed by atoms with Crippen molar-refractivity contribution in [1.29, 1.82) is 0 Å². The number of halogens is 1. The summed E-state index contributed by atoms with van der Waals surface area (Å²) < 4.78 is 7.11. The highest BCUT2D eigenvalue weighted by molar-refractivity contribution is 9.10. The molecule has 2 rings (SSSR count). The highest BCUT2D eigenvalue weighted by Gasteiger charge is 2.10. The number of likely N-dealkylation sites (N-methyl/N-ethyl adjacent to an activating group) is 1. The molecule has 1 unspecified atom stereocenters. The maximum Gasteiger partial charge on any atom is 0.0953 e. The summed E-state index contributed by atoms with van der Waals surface area (Å²) in [5.41, 5.74) is 2.38. The van der Waals surface area contributed by atoms with E-state index in [-0.39, 0.29) is 6.10 Å². The largest absolute Gasteiger partial charge is 0.368 e. The van der Waals surface area contributed by atoms with Gasteiger partial charge in [-0.15, -0.1) is 0 Å². The van der Waals surface area contributed by atoms with Crippen molar-refractivity contribution in [2.75, 3.05) is 13.6 Å². The SMILES string of the molecule is CNCC(OCc1ccc(Br)cc1)c1ccccc1. The summed E-state index contributed by atoms with van der Waals surface area (Å²) in [6.07, 6.45) is 0.0786. The van der Waals surface area contributed by atoms with Crippen LogP contribution < -0.4 is 5.32 Å². The minimum atomic E-state index is 0.0786. The van der Waals surface area contributed by atoms with Crippen molar-refractivity contribution in [1.82, 2.24) is 5.32 Å². The molecular formula is C16H18BrNO. The molecule has 0 aliphatic carbocycles. The van der Waals surface area contributed by atoms with Crippen LogP contribution in [0.3, 0.4) is 0 Å². The minimum absolute atomic E-state index is 0.0786. The van der Waals surface area contributed by atoms with Gasteiger partial charge in [0.05, 0.1) is 12.7 Å².